The minimum Gasteiger partial charge on any atom is -0.389 e. The number of nitro benzene ring substituents is 1. The highest BCUT2D eigenvalue weighted by molar-refractivity contribution is 5.35. The maximum absolute atomic E-state index is 13.2. The zero-order chi connectivity index (χ0) is 13.3. The van der Waals surface area contributed by atoms with E-state index in [-0.39, 0.29) is 25.3 Å². The number of likely N-dealkylation sites (tertiary alicyclic amines) is 1. The van der Waals surface area contributed by atoms with Gasteiger partial charge in [-0.1, -0.05) is 0 Å². The molecule has 0 bridgehead atoms. The summed E-state index contributed by atoms with van der Waals surface area (Å²) >= 11 is 0. The third-order valence-electron chi connectivity index (χ3n) is 2.89. The highest BCUT2D eigenvalue weighted by Crippen LogP contribution is 2.19. The molecule has 0 saturated carbocycles. The summed E-state index contributed by atoms with van der Waals surface area (Å²) in [5, 5.41) is 29.3. The first kappa shape index (κ1) is 12.9. The molecule has 2 unspecified atom stereocenters. The van der Waals surface area contributed by atoms with Gasteiger partial charge in [-0.3, -0.25) is 15.0 Å². The fourth-order valence-electron chi connectivity index (χ4n) is 2.06. The van der Waals surface area contributed by atoms with E-state index in [1.807, 2.05) is 0 Å². The van der Waals surface area contributed by atoms with Gasteiger partial charge in [0, 0.05) is 25.7 Å². The number of hydrogen-bond acceptors (Lipinski definition) is 5. The Morgan fingerprint density at radius 2 is 1.94 bits per heavy atom. The lowest BCUT2D eigenvalue weighted by Gasteiger charge is -2.14. The van der Waals surface area contributed by atoms with Crippen LogP contribution in [0.5, 0.6) is 0 Å². The molecule has 1 aromatic carbocycles. The van der Waals surface area contributed by atoms with Crippen LogP contribution < -0.4 is 0 Å². The van der Waals surface area contributed by atoms with Crippen molar-refractivity contribution < 1.29 is 19.5 Å². The fraction of sp³-hybridized carbons (Fsp3) is 0.455. The van der Waals surface area contributed by atoms with Gasteiger partial charge in [0.1, 0.15) is 5.82 Å². The maximum atomic E-state index is 13.2. The molecule has 1 aliphatic rings. The van der Waals surface area contributed by atoms with Gasteiger partial charge in [-0.15, -0.1) is 0 Å². The largest absolute Gasteiger partial charge is 0.389 e. The Morgan fingerprint density at radius 1 is 1.33 bits per heavy atom. The maximum Gasteiger partial charge on any atom is 0.272 e. The molecule has 0 spiro atoms. The van der Waals surface area contributed by atoms with Crippen LogP contribution in [-0.4, -0.2) is 45.3 Å². The first-order chi connectivity index (χ1) is 8.45. The molecule has 2 N–H and O–H groups in total. The second-order valence-electron chi connectivity index (χ2n) is 4.40. The number of benzene rings is 1. The van der Waals surface area contributed by atoms with Crippen LogP contribution in [0.15, 0.2) is 18.2 Å². The van der Waals surface area contributed by atoms with E-state index in [2.05, 4.69) is 0 Å². The molecule has 7 heteroatoms. The number of non-ortho nitro benzene ring substituents is 1. The Labute approximate surface area is 102 Å². The molecule has 2 atom stereocenters. The number of nitrogens with zero attached hydrogens (tertiary/aromatic N) is 2. The first-order valence-electron chi connectivity index (χ1n) is 5.48. The molecule has 1 heterocycles. The van der Waals surface area contributed by atoms with E-state index in [1.165, 1.54) is 12.1 Å². The van der Waals surface area contributed by atoms with Crippen LogP contribution in [0.25, 0.3) is 0 Å². The molecule has 1 fully saturated rings. The van der Waals surface area contributed by atoms with Gasteiger partial charge < -0.3 is 10.2 Å². The van der Waals surface area contributed by atoms with Crippen LogP contribution in [-0.2, 0) is 6.54 Å². The lowest BCUT2D eigenvalue weighted by atomic mass is 10.2. The zero-order valence-electron chi connectivity index (χ0n) is 9.49. The van der Waals surface area contributed by atoms with E-state index >= 15 is 0 Å². The second-order valence-corrected chi connectivity index (χ2v) is 4.40. The van der Waals surface area contributed by atoms with Gasteiger partial charge in [0.25, 0.3) is 5.69 Å². The number of aliphatic hydroxyl groups is 2. The average Bonchev–Trinajstić information content (AvgIpc) is 2.56. The van der Waals surface area contributed by atoms with E-state index in [4.69, 9.17) is 0 Å². The van der Waals surface area contributed by atoms with Crippen molar-refractivity contribution in [1.82, 2.24) is 4.90 Å². The Hall–Kier alpha value is -1.57. The Kier molecular flexibility index (Phi) is 3.55. The van der Waals surface area contributed by atoms with E-state index < -0.39 is 22.9 Å². The monoisotopic (exact) mass is 256 g/mol. The Bertz CT molecular complexity index is 458. The average molecular weight is 256 g/mol. The fourth-order valence-corrected chi connectivity index (χ4v) is 2.06. The van der Waals surface area contributed by atoms with Crippen LogP contribution >= 0.6 is 0 Å². The molecule has 0 radical (unpaired) electrons. The van der Waals surface area contributed by atoms with E-state index in [0.717, 1.165) is 6.07 Å². The quantitative estimate of drug-likeness (QED) is 0.599. The van der Waals surface area contributed by atoms with Crippen molar-refractivity contribution >= 4 is 5.69 Å². The van der Waals surface area contributed by atoms with Gasteiger partial charge in [0.2, 0.25) is 0 Å². The number of nitro groups is 1. The van der Waals surface area contributed by atoms with E-state index in [9.17, 15) is 24.7 Å². The lowest BCUT2D eigenvalue weighted by Crippen LogP contribution is -2.22. The molecule has 1 aliphatic heterocycles. The van der Waals surface area contributed by atoms with Gasteiger partial charge in [-0.25, -0.2) is 4.39 Å². The van der Waals surface area contributed by atoms with Gasteiger partial charge in [0.15, 0.2) is 0 Å². The van der Waals surface area contributed by atoms with Gasteiger partial charge in [-0.05, 0) is 11.6 Å². The highest BCUT2D eigenvalue weighted by atomic mass is 19.1. The third-order valence-corrected chi connectivity index (χ3v) is 2.89. The molecule has 1 saturated heterocycles. The molecule has 98 valence electrons. The van der Waals surface area contributed by atoms with Crippen molar-refractivity contribution in [3.8, 4) is 0 Å². The molecular formula is C11H13FN2O4. The molecule has 18 heavy (non-hydrogen) atoms. The summed E-state index contributed by atoms with van der Waals surface area (Å²) in [5.74, 6) is -0.667. The SMILES string of the molecule is O=[N+]([O-])c1cc(F)cc(CN2CC(O)C(O)C2)c1. The number of aliphatic hydroxyl groups excluding tert-OH is 2. The Morgan fingerprint density at radius 3 is 2.50 bits per heavy atom. The van der Waals surface area contributed by atoms with Crippen molar-refractivity contribution in [2.45, 2.75) is 18.8 Å². The summed E-state index contributed by atoms with van der Waals surface area (Å²) in [6.07, 6.45) is -1.65. The molecule has 0 amide bonds. The Balaban J connectivity index is 2.12. The molecular weight excluding hydrogens is 243 g/mol. The van der Waals surface area contributed by atoms with Crippen molar-refractivity contribution in [2.24, 2.45) is 0 Å². The molecule has 6 nitrogen and oxygen atoms in total. The van der Waals surface area contributed by atoms with Gasteiger partial charge in [-0.2, -0.15) is 0 Å². The minimum absolute atomic E-state index is 0.257. The van der Waals surface area contributed by atoms with Crippen molar-refractivity contribution in [2.75, 3.05) is 13.1 Å². The highest BCUT2D eigenvalue weighted by Gasteiger charge is 2.29. The summed E-state index contributed by atoms with van der Waals surface area (Å²) in [7, 11) is 0. The van der Waals surface area contributed by atoms with Crippen LogP contribution in [0.4, 0.5) is 10.1 Å². The zero-order valence-corrected chi connectivity index (χ0v) is 9.49. The first-order valence-corrected chi connectivity index (χ1v) is 5.48. The van der Waals surface area contributed by atoms with Gasteiger partial charge >= 0.3 is 0 Å². The van der Waals surface area contributed by atoms with Crippen LogP contribution in [0.2, 0.25) is 0 Å². The number of halogens is 1. The van der Waals surface area contributed by atoms with E-state index in [1.54, 1.807) is 4.90 Å². The standard InChI is InChI=1S/C11H13FN2O4/c12-8-1-7(2-9(3-8)14(17)18)4-13-5-10(15)11(16)6-13/h1-3,10-11,15-16H,4-6H2. The summed E-state index contributed by atoms with van der Waals surface area (Å²) < 4.78 is 13.2. The predicted molar refractivity (Wildman–Crippen MR) is 60.3 cm³/mol. The van der Waals surface area contributed by atoms with Crippen molar-refractivity contribution in [1.29, 1.82) is 0 Å². The van der Waals surface area contributed by atoms with Crippen LogP contribution in [0.1, 0.15) is 5.56 Å². The normalized spacial score (nSPS) is 24.4. The second kappa shape index (κ2) is 4.97. The summed E-state index contributed by atoms with van der Waals surface area (Å²) in [6.45, 7) is 0.795. The predicted octanol–water partition coefficient (Wildman–Crippen LogP) is 0.271. The van der Waals surface area contributed by atoms with Crippen molar-refractivity contribution in [3.05, 3.63) is 39.7 Å². The minimum atomic E-state index is -0.825. The third kappa shape index (κ3) is 2.81. The molecule has 2 rings (SSSR count). The van der Waals surface area contributed by atoms with Gasteiger partial charge in [0.05, 0.1) is 23.2 Å². The van der Waals surface area contributed by atoms with Crippen molar-refractivity contribution in [3.63, 3.8) is 0 Å². The molecule has 0 aromatic heterocycles. The lowest BCUT2D eigenvalue weighted by molar-refractivity contribution is -0.385. The summed E-state index contributed by atoms with van der Waals surface area (Å²) in [4.78, 5) is 11.7. The smallest absolute Gasteiger partial charge is 0.272 e. The molecule has 0 aliphatic carbocycles. The number of rotatable bonds is 3. The summed E-state index contributed by atoms with van der Waals surface area (Å²) in [6, 6.07) is 3.36. The number of β-amino-alcohol motifs (C(OH)–C–C–N with tert-alkyl or cyclic N) is 2. The summed E-state index contributed by atoms with van der Waals surface area (Å²) in [5.41, 5.74) is 0.147. The van der Waals surface area contributed by atoms with Crippen LogP contribution in [0, 0.1) is 15.9 Å². The number of hydrogen-bond donors (Lipinski definition) is 2. The topological polar surface area (TPSA) is 86.8 Å². The molecule has 1 aromatic rings. The van der Waals surface area contributed by atoms with Crippen LogP contribution in [0.3, 0.4) is 0 Å². The van der Waals surface area contributed by atoms with E-state index in [0.29, 0.717) is 5.56 Å².